The van der Waals surface area contributed by atoms with Crippen molar-refractivity contribution in [3.05, 3.63) is 60.0 Å². The monoisotopic (exact) mass is 518 g/mol. The van der Waals surface area contributed by atoms with Crippen molar-refractivity contribution in [2.24, 2.45) is 5.92 Å². The highest BCUT2D eigenvalue weighted by Crippen LogP contribution is 2.31. The Bertz CT molecular complexity index is 1140. The number of carbonyl (C=O) groups excluding carboxylic acids is 2. The Morgan fingerprint density at radius 2 is 1.86 bits per heavy atom. The van der Waals surface area contributed by atoms with Crippen LogP contribution in [0.4, 0.5) is 9.52 Å². The summed E-state index contributed by atoms with van der Waals surface area (Å²) in [5.74, 6) is 0.875. The standard InChI is InChI=1S/C25H27FN2O5S2/c1-4-31-22(29)15-34-23-14-27-25(35-23)28-24(30)17-11-20(32-10-9-16(2)3)13-21(12-17)33-19-7-5-18(26)6-8-19/h5-8,11-14,16H,4,9-10,15H2,1-3H3,(H,27,28,30). The second kappa shape index (κ2) is 13.1. The van der Waals surface area contributed by atoms with Crippen LogP contribution < -0.4 is 14.8 Å². The number of nitrogens with zero attached hydrogens (tertiary/aromatic N) is 1. The van der Waals surface area contributed by atoms with E-state index in [0.717, 1.165) is 10.6 Å². The molecule has 7 nitrogen and oxygen atoms in total. The maximum atomic E-state index is 13.2. The zero-order valence-corrected chi connectivity index (χ0v) is 21.3. The Kier molecular flexibility index (Phi) is 9.92. The van der Waals surface area contributed by atoms with Crippen LogP contribution in [0.3, 0.4) is 0 Å². The molecule has 1 amide bonds. The second-order valence-electron chi connectivity index (χ2n) is 7.81. The first-order valence-electron chi connectivity index (χ1n) is 11.1. The van der Waals surface area contributed by atoms with Gasteiger partial charge in [0.05, 0.1) is 29.4 Å². The third-order valence-electron chi connectivity index (χ3n) is 4.50. The summed E-state index contributed by atoms with van der Waals surface area (Å²) in [6.45, 7) is 6.78. The number of benzene rings is 2. The fourth-order valence-electron chi connectivity index (χ4n) is 2.78. The normalized spacial score (nSPS) is 10.8. The number of aromatic nitrogens is 1. The number of anilines is 1. The van der Waals surface area contributed by atoms with E-state index < -0.39 is 0 Å². The molecule has 10 heteroatoms. The van der Waals surface area contributed by atoms with Gasteiger partial charge in [-0.3, -0.25) is 14.9 Å². The van der Waals surface area contributed by atoms with E-state index in [4.69, 9.17) is 14.2 Å². The summed E-state index contributed by atoms with van der Waals surface area (Å²) < 4.78 is 30.6. The molecule has 186 valence electrons. The summed E-state index contributed by atoms with van der Waals surface area (Å²) in [7, 11) is 0. The SMILES string of the molecule is CCOC(=O)CSc1cnc(NC(=O)c2cc(OCCC(C)C)cc(Oc3ccc(F)cc3)c2)s1. The number of thiazole rings is 1. The number of hydrogen-bond acceptors (Lipinski definition) is 8. The number of halogens is 1. The minimum Gasteiger partial charge on any atom is -0.493 e. The zero-order chi connectivity index (χ0) is 25.2. The predicted octanol–water partition coefficient (Wildman–Crippen LogP) is 6.41. The third-order valence-corrected chi connectivity index (χ3v) is 6.58. The number of thioether (sulfide) groups is 1. The Hall–Kier alpha value is -3.11. The van der Waals surface area contributed by atoms with Crippen molar-refractivity contribution in [1.29, 1.82) is 0 Å². The highest BCUT2D eigenvalue weighted by atomic mass is 32.2. The summed E-state index contributed by atoms with van der Waals surface area (Å²) in [6, 6.07) is 10.5. The minimum absolute atomic E-state index is 0.170. The molecule has 3 aromatic rings. The van der Waals surface area contributed by atoms with E-state index in [0.29, 0.717) is 47.1 Å². The minimum atomic E-state index is -0.389. The average molecular weight is 519 g/mol. The molecular formula is C25H27FN2O5S2. The lowest BCUT2D eigenvalue weighted by atomic mass is 10.1. The Labute approximate surface area is 212 Å². The number of esters is 1. The quantitative estimate of drug-likeness (QED) is 0.219. The first kappa shape index (κ1) is 26.5. The topological polar surface area (TPSA) is 86.8 Å². The number of rotatable bonds is 12. The van der Waals surface area contributed by atoms with Gasteiger partial charge in [0.1, 0.15) is 23.1 Å². The van der Waals surface area contributed by atoms with Crippen LogP contribution in [0.5, 0.6) is 17.2 Å². The third kappa shape index (κ3) is 8.88. The van der Waals surface area contributed by atoms with Gasteiger partial charge >= 0.3 is 5.97 Å². The lowest BCUT2D eigenvalue weighted by Crippen LogP contribution is -2.12. The van der Waals surface area contributed by atoms with Crippen LogP contribution in [0.15, 0.2) is 52.9 Å². The van der Waals surface area contributed by atoms with Crippen molar-refractivity contribution in [3.8, 4) is 17.2 Å². The van der Waals surface area contributed by atoms with Crippen molar-refractivity contribution >= 4 is 40.1 Å². The smallest absolute Gasteiger partial charge is 0.316 e. The molecule has 0 aliphatic heterocycles. The van der Waals surface area contributed by atoms with Crippen LogP contribution in [0.25, 0.3) is 0 Å². The number of nitrogens with one attached hydrogen (secondary N) is 1. The number of amides is 1. The Balaban J connectivity index is 1.72. The molecule has 0 spiro atoms. The molecule has 0 unspecified atom stereocenters. The first-order chi connectivity index (χ1) is 16.8. The molecule has 0 bridgehead atoms. The van der Waals surface area contributed by atoms with E-state index in [-0.39, 0.29) is 23.4 Å². The maximum absolute atomic E-state index is 13.2. The van der Waals surface area contributed by atoms with Gasteiger partial charge in [0.15, 0.2) is 5.13 Å². The largest absolute Gasteiger partial charge is 0.493 e. The van der Waals surface area contributed by atoms with Gasteiger partial charge in [0.2, 0.25) is 0 Å². The van der Waals surface area contributed by atoms with Gasteiger partial charge in [-0.2, -0.15) is 0 Å². The molecule has 3 rings (SSSR count). The summed E-state index contributed by atoms with van der Waals surface area (Å²) in [4.78, 5) is 28.7. The van der Waals surface area contributed by atoms with E-state index in [2.05, 4.69) is 24.1 Å². The van der Waals surface area contributed by atoms with Gasteiger partial charge in [-0.1, -0.05) is 25.2 Å². The van der Waals surface area contributed by atoms with Crippen molar-refractivity contribution < 1.29 is 28.2 Å². The summed E-state index contributed by atoms with van der Waals surface area (Å²) in [5, 5.41) is 3.17. The van der Waals surface area contributed by atoms with Crippen LogP contribution >= 0.6 is 23.1 Å². The van der Waals surface area contributed by atoms with Gasteiger partial charge in [-0.15, -0.1) is 11.8 Å². The van der Waals surface area contributed by atoms with Crippen LogP contribution in [0.2, 0.25) is 0 Å². The van der Waals surface area contributed by atoms with Gasteiger partial charge < -0.3 is 14.2 Å². The Morgan fingerprint density at radius 1 is 1.11 bits per heavy atom. The fourth-order valence-corrected chi connectivity index (χ4v) is 4.45. The zero-order valence-electron chi connectivity index (χ0n) is 19.7. The van der Waals surface area contributed by atoms with Crippen LogP contribution in [0, 0.1) is 11.7 Å². The molecular weight excluding hydrogens is 491 g/mol. The van der Waals surface area contributed by atoms with E-state index in [1.807, 2.05) is 0 Å². The highest BCUT2D eigenvalue weighted by Gasteiger charge is 2.14. The van der Waals surface area contributed by atoms with E-state index in [1.165, 1.54) is 47.4 Å². The average Bonchev–Trinajstić information content (AvgIpc) is 3.26. The first-order valence-corrected chi connectivity index (χ1v) is 12.9. The molecule has 0 aliphatic carbocycles. The van der Waals surface area contributed by atoms with Gasteiger partial charge in [0, 0.05) is 11.6 Å². The van der Waals surface area contributed by atoms with E-state index in [9.17, 15) is 14.0 Å². The molecule has 1 heterocycles. The molecule has 0 atom stereocenters. The van der Waals surface area contributed by atoms with Crippen LogP contribution in [-0.4, -0.2) is 35.8 Å². The number of hydrogen-bond donors (Lipinski definition) is 1. The summed E-state index contributed by atoms with van der Waals surface area (Å²) in [5.41, 5.74) is 0.320. The number of ether oxygens (including phenoxy) is 3. The van der Waals surface area contributed by atoms with Gasteiger partial charge in [-0.25, -0.2) is 9.37 Å². The lowest BCUT2D eigenvalue weighted by Gasteiger charge is -2.13. The number of carbonyl (C=O) groups is 2. The Morgan fingerprint density at radius 3 is 2.57 bits per heavy atom. The molecule has 0 saturated carbocycles. The van der Waals surface area contributed by atoms with Crippen LogP contribution in [-0.2, 0) is 9.53 Å². The van der Waals surface area contributed by atoms with Crippen LogP contribution in [0.1, 0.15) is 37.6 Å². The molecule has 0 fully saturated rings. The predicted molar refractivity (Wildman–Crippen MR) is 135 cm³/mol. The molecule has 0 radical (unpaired) electrons. The molecule has 0 aliphatic rings. The van der Waals surface area contributed by atoms with Gasteiger partial charge in [0.25, 0.3) is 5.91 Å². The second-order valence-corrected chi connectivity index (χ2v) is 10.1. The van der Waals surface area contributed by atoms with Crippen molar-refractivity contribution in [1.82, 2.24) is 4.98 Å². The van der Waals surface area contributed by atoms with E-state index in [1.54, 1.807) is 31.3 Å². The highest BCUT2D eigenvalue weighted by molar-refractivity contribution is 8.01. The van der Waals surface area contributed by atoms with E-state index >= 15 is 0 Å². The maximum Gasteiger partial charge on any atom is 0.316 e. The summed E-state index contributed by atoms with van der Waals surface area (Å²) in [6.07, 6.45) is 2.45. The summed E-state index contributed by atoms with van der Waals surface area (Å²) >= 11 is 2.55. The van der Waals surface area contributed by atoms with Crippen molar-refractivity contribution in [3.63, 3.8) is 0 Å². The lowest BCUT2D eigenvalue weighted by molar-refractivity contribution is -0.139. The van der Waals surface area contributed by atoms with Crippen molar-refractivity contribution in [2.75, 3.05) is 24.3 Å². The molecule has 2 aromatic carbocycles. The molecule has 1 aromatic heterocycles. The fraction of sp³-hybridized carbons (Fsp3) is 0.320. The van der Waals surface area contributed by atoms with Crippen molar-refractivity contribution in [2.45, 2.75) is 31.4 Å². The van der Waals surface area contributed by atoms with Gasteiger partial charge in [-0.05, 0) is 55.7 Å². The molecule has 0 saturated heterocycles. The molecule has 35 heavy (non-hydrogen) atoms. The molecule has 1 N–H and O–H groups in total.